The fraction of sp³-hybridized carbons (Fsp3) is 1.00. The van der Waals surface area contributed by atoms with Gasteiger partial charge in [0.15, 0.2) is 0 Å². The lowest BCUT2D eigenvalue weighted by Crippen LogP contribution is -2.59. The van der Waals surface area contributed by atoms with E-state index in [0.717, 1.165) is 44.1 Å². The van der Waals surface area contributed by atoms with Crippen LogP contribution in [0.5, 0.6) is 0 Å². The first-order valence-corrected chi connectivity index (χ1v) is 8.36. The smallest absolute Gasteiger partial charge is 0.0594 e. The van der Waals surface area contributed by atoms with Gasteiger partial charge in [-0.05, 0) is 56.3 Å². The molecule has 1 saturated heterocycles. The minimum Gasteiger partial charge on any atom is -0.379 e. The van der Waals surface area contributed by atoms with Gasteiger partial charge in [-0.2, -0.15) is 0 Å². The Labute approximate surface area is 117 Å². The van der Waals surface area contributed by atoms with E-state index in [1.165, 1.54) is 32.4 Å². The van der Waals surface area contributed by atoms with Crippen molar-refractivity contribution in [2.75, 3.05) is 39.4 Å². The van der Waals surface area contributed by atoms with Crippen molar-refractivity contribution >= 4 is 0 Å². The van der Waals surface area contributed by atoms with Crippen molar-refractivity contribution in [2.24, 2.45) is 17.8 Å². The van der Waals surface area contributed by atoms with Crippen LogP contribution in [-0.2, 0) is 4.74 Å². The summed E-state index contributed by atoms with van der Waals surface area (Å²) in [4.78, 5) is 2.55. The summed E-state index contributed by atoms with van der Waals surface area (Å²) in [6.07, 6.45) is 9.06. The summed E-state index contributed by atoms with van der Waals surface area (Å²) < 4.78 is 5.42. The third-order valence-electron chi connectivity index (χ3n) is 6.07. The average molecular weight is 264 g/mol. The van der Waals surface area contributed by atoms with Crippen molar-refractivity contribution in [3.8, 4) is 0 Å². The molecule has 0 spiro atoms. The first kappa shape index (κ1) is 12.6. The standard InChI is InChI=1S/C16H28N2O/c1(2-18-3-5-19-6-4-18)17-16-10-13-7-14(11-16)9-15(8-13)12-16/h13-15,17H,1-12H2. The Kier molecular flexibility index (Phi) is 3.33. The van der Waals surface area contributed by atoms with Crippen LogP contribution in [0.25, 0.3) is 0 Å². The molecule has 0 radical (unpaired) electrons. The highest BCUT2D eigenvalue weighted by Gasteiger charge is 2.50. The number of hydrogen-bond donors (Lipinski definition) is 1. The normalized spacial score (nSPS) is 45.8. The SMILES string of the molecule is C(CN1CCOCC1)NC12CC3CC(CC(C3)C1)C2. The number of rotatable bonds is 4. The molecule has 19 heavy (non-hydrogen) atoms. The molecule has 4 bridgehead atoms. The minimum atomic E-state index is 0.543. The molecule has 0 atom stereocenters. The maximum atomic E-state index is 5.42. The van der Waals surface area contributed by atoms with Crippen molar-refractivity contribution in [1.82, 2.24) is 10.2 Å². The van der Waals surface area contributed by atoms with Crippen molar-refractivity contribution in [2.45, 2.75) is 44.1 Å². The molecule has 5 rings (SSSR count). The predicted molar refractivity (Wildman–Crippen MR) is 76.2 cm³/mol. The van der Waals surface area contributed by atoms with Gasteiger partial charge in [0.2, 0.25) is 0 Å². The second kappa shape index (κ2) is 5.01. The number of nitrogens with zero attached hydrogens (tertiary/aromatic N) is 1. The van der Waals surface area contributed by atoms with E-state index in [1.807, 2.05) is 0 Å². The molecule has 5 aliphatic rings. The molecule has 3 nitrogen and oxygen atoms in total. The maximum Gasteiger partial charge on any atom is 0.0594 e. The summed E-state index contributed by atoms with van der Waals surface area (Å²) >= 11 is 0. The Hall–Kier alpha value is -0.120. The van der Waals surface area contributed by atoms with Crippen molar-refractivity contribution < 1.29 is 4.74 Å². The largest absolute Gasteiger partial charge is 0.379 e. The zero-order valence-corrected chi connectivity index (χ0v) is 12.1. The zero-order chi connectivity index (χ0) is 12.7. The van der Waals surface area contributed by atoms with Gasteiger partial charge in [-0.15, -0.1) is 0 Å². The van der Waals surface area contributed by atoms with Gasteiger partial charge in [0.1, 0.15) is 0 Å². The summed E-state index contributed by atoms with van der Waals surface area (Å²) in [6.45, 7) is 6.51. The quantitative estimate of drug-likeness (QED) is 0.839. The van der Waals surface area contributed by atoms with Crippen LogP contribution in [0.2, 0.25) is 0 Å². The molecular formula is C16H28N2O. The van der Waals surface area contributed by atoms with E-state index in [-0.39, 0.29) is 0 Å². The third kappa shape index (κ3) is 2.57. The molecule has 0 unspecified atom stereocenters. The van der Waals surface area contributed by atoms with E-state index in [2.05, 4.69) is 10.2 Å². The Morgan fingerprint density at radius 3 is 2.11 bits per heavy atom. The fourth-order valence-electron chi connectivity index (χ4n) is 5.63. The van der Waals surface area contributed by atoms with E-state index in [9.17, 15) is 0 Å². The Morgan fingerprint density at radius 2 is 1.53 bits per heavy atom. The molecule has 5 fully saturated rings. The van der Waals surface area contributed by atoms with Gasteiger partial charge >= 0.3 is 0 Å². The number of ether oxygens (including phenoxy) is 1. The van der Waals surface area contributed by atoms with E-state index >= 15 is 0 Å². The van der Waals surface area contributed by atoms with Crippen LogP contribution in [0.15, 0.2) is 0 Å². The van der Waals surface area contributed by atoms with Gasteiger partial charge in [0.05, 0.1) is 13.2 Å². The van der Waals surface area contributed by atoms with Gasteiger partial charge in [-0.1, -0.05) is 0 Å². The average Bonchev–Trinajstić information content (AvgIpc) is 2.38. The van der Waals surface area contributed by atoms with Gasteiger partial charge < -0.3 is 10.1 Å². The van der Waals surface area contributed by atoms with Crippen LogP contribution in [0.1, 0.15) is 38.5 Å². The molecule has 0 aromatic heterocycles. The van der Waals surface area contributed by atoms with Crippen molar-refractivity contribution in [3.63, 3.8) is 0 Å². The molecule has 0 amide bonds. The van der Waals surface area contributed by atoms with Crippen LogP contribution >= 0.6 is 0 Å². The van der Waals surface area contributed by atoms with E-state index in [1.54, 1.807) is 19.3 Å². The van der Waals surface area contributed by atoms with Crippen molar-refractivity contribution in [3.05, 3.63) is 0 Å². The first-order chi connectivity index (χ1) is 9.31. The molecule has 108 valence electrons. The van der Waals surface area contributed by atoms with E-state index < -0.39 is 0 Å². The summed E-state index contributed by atoms with van der Waals surface area (Å²) in [5, 5.41) is 3.99. The molecular weight excluding hydrogens is 236 g/mol. The van der Waals surface area contributed by atoms with Gasteiger partial charge in [0, 0.05) is 31.7 Å². The summed E-state index contributed by atoms with van der Waals surface area (Å²) in [5.74, 6) is 3.17. The number of nitrogens with one attached hydrogen (secondary N) is 1. The van der Waals surface area contributed by atoms with Crippen LogP contribution in [-0.4, -0.2) is 49.8 Å². The lowest BCUT2D eigenvalue weighted by Gasteiger charge is -2.57. The Morgan fingerprint density at radius 1 is 0.947 bits per heavy atom. The Bertz CT molecular complexity index is 289. The van der Waals surface area contributed by atoms with Crippen LogP contribution in [0.3, 0.4) is 0 Å². The molecule has 3 heteroatoms. The lowest BCUT2D eigenvalue weighted by atomic mass is 9.53. The zero-order valence-electron chi connectivity index (χ0n) is 12.1. The van der Waals surface area contributed by atoms with Crippen molar-refractivity contribution in [1.29, 1.82) is 0 Å². The topological polar surface area (TPSA) is 24.5 Å². The highest BCUT2D eigenvalue weighted by molar-refractivity contribution is 5.06. The molecule has 1 N–H and O–H groups in total. The monoisotopic (exact) mass is 264 g/mol. The fourth-order valence-corrected chi connectivity index (χ4v) is 5.63. The highest BCUT2D eigenvalue weighted by atomic mass is 16.5. The molecule has 1 aliphatic heterocycles. The third-order valence-corrected chi connectivity index (χ3v) is 6.07. The van der Waals surface area contributed by atoms with Gasteiger partial charge in [-0.25, -0.2) is 0 Å². The van der Waals surface area contributed by atoms with Gasteiger partial charge in [-0.3, -0.25) is 4.90 Å². The van der Waals surface area contributed by atoms with E-state index in [0.29, 0.717) is 5.54 Å². The van der Waals surface area contributed by atoms with Gasteiger partial charge in [0.25, 0.3) is 0 Å². The van der Waals surface area contributed by atoms with Crippen LogP contribution < -0.4 is 5.32 Å². The maximum absolute atomic E-state index is 5.42. The molecule has 1 heterocycles. The number of morpholine rings is 1. The van der Waals surface area contributed by atoms with E-state index in [4.69, 9.17) is 4.74 Å². The van der Waals surface area contributed by atoms with Crippen LogP contribution in [0.4, 0.5) is 0 Å². The molecule has 4 saturated carbocycles. The minimum absolute atomic E-state index is 0.543. The summed E-state index contributed by atoms with van der Waals surface area (Å²) in [7, 11) is 0. The summed E-state index contributed by atoms with van der Waals surface area (Å²) in [6, 6.07) is 0. The first-order valence-electron chi connectivity index (χ1n) is 8.36. The second-order valence-electron chi connectivity index (χ2n) is 7.58. The predicted octanol–water partition coefficient (Wildman–Crippen LogP) is 1.88. The highest BCUT2D eigenvalue weighted by Crippen LogP contribution is 2.55. The molecule has 0 aromatic rings. The Balaban J connectivity index is 1.30. The number of hydrogen-bond acceptors (Lipinski definition) is 3. The molecule has 0 aromatic carbocycles. The molecule has 4 aliphatic carbocycles. The second-order valence-corrected chi connectivity index (χ2v) is 7.58. The van der Waals surface area contributed by atoms with Crippen LogP contribution in [0, 0.1) is 17.8 Å². The summed E-state index contributed by atoms with van der Waals surface area (Å²) in [5.41, 5.74) is 0.543. The lowest BCUT2D eigenvalue weighted by molar-refractivity contribution is -0.0221.